The first-order chi connectivity index (χ1) is 10.6. The zero-order valence-electron chi connectivity index (χ0n) is 12.7. The highest BCUT2D eigenvalue weighted by molar-refractivity contribution is 5.17. The van der Waals surface area contributed by atoms with E-state index in [0.717, 1.165) is 37.4 Å². The Kier molecular flexibility index (Phi) is 4.34. The SMILES string of the molecule is Cc1cc(=O)[nH]c(C2CCCN(Cc3ccccc3F)C2)n1. The van der Waals surface area contributed by atoms with Crippen LogP contribution in [0.2, 0.25) is 0 Å². The van der Waals surface area contributed by atoms with Gasteiger partial charge in [0.15, 0.2) is 0 Å². The lowest BCUT2D eigenvalue weighted by Crippen LogP contribution is -2.35. The molecule has 1 aliphatic rings. The van der Waals surface area contributed by atoms with Crippen molar-refractivity contribution in [3.63, 3.8) is 0 Å². The summed E-state index contributed by atoms with van der Waals surface area (Å²) < 4.78 is 13.8. The van der Waals surface area contributed by atoms with Crippen molar-refractivity contribution < 1.29 is 4.39 Å². The predicted molar refractivity (Wildman–Crippen MR) is 83.2 cm³/mol. The summed E-state index contributed by atoms with van der Waals surface area (Å²) in [5, 5.41) is 0. The Balaban J connectivity index is 1.74. The summed E-state index contributed by atoms with van der Waals surface area (Å²) in [5.74, 6) is 0.795. The quantitative estimate of drug-likeness (QED) is 0.948. The topological polar surface area (TPSA) is 49.0 Å². The molecule has 1 N–H and O–H groups in total. The second-order valence-electron chi connectivity index (χ2n) is 5.94. The summed E-state index contributed by atoms with van der Waals surface area (Å²) in [4.78, 5) is 21.1. The summed E-state index contributed by atoms with van der Waals surface area (Å²) in [6.07, 6.45) is 2.02. The van der Waals surface area contributed by atoms with E-state index >= 15 is 0 Å². The number of rotatable bonds is 3. The molecule has 5 heteroatoms. The van der Waals surface area contributed by atoms with Crippen molar-refractivity contribution in [2.24, 2.45) is 0 Å². The molecule has 4 nitrogen and oxygen atoms in total. The van der Waals surface area contributed by atoms with E-state index in [-0.39, 0.29) is 17.3 Å². The van der Waals surface area contributed by atoms with Crippen LogP contribution in [-0.2, 0) is 6.54 Å². The maximum atomic E-state index is 13.8. The summed E-state index contributed by atoms with van der Waals surface area (Å²) >= 11 is 0. The summed E-state index contributed by atoms with van der Waals surface area (Å²) in [6, 6.07) is 8.39. The smallest absolute Gasteiger partial charge is 0.251 e. The van der Waals surface area contributed by atoms with Gasteiger partial charge in [-0.3, -0.25) is 9.69 Å². The first-order valence-electron chi connectivity index (χ1n) is 7.65. The number of hydrogen-bond acceptors (Lipinski definition) is 3. The molecule has 2 aromatic rings. The highest BCUT2D eigenvalue weighted by atomic mass is 19.1. The van der Waals surface area contributed by atoms with Gasteiger partial charge >= 0.3 is 0 Å². The summed E-state index contributed by atoms with van der Waals surface area (Å²) in [7, 11) is 0. The minimum atomic E-state index is -0.160. The van der Waals surface area contributed by atoms with Gasteiger partial charge in [0.1, 0.15) is 11.6 Å². The molecule has 1 aromatic carbocycles. The van der Waals surface area contributed by atoms with Crippen molar-refractivity contribution in [2.75, 3.05) is 13.1 Å². The standard InChI is InChI=1S/C17H20FN3O/c1-12-9-16(22)20-17(19-12)14-6-4-8-21(11-14)10-13-5-2-3-7-15(13)18/h2-3,5,7,9,14H,4,6,8,10-11H2,1H3,(H,19,20,22). The monoisotopic (exact) mass is 301 g/mol. The van der Waals surface area contributed by atoms with Crippen molar-refractivity contribution in [1.29, 1.82) is 0 Å². The van der Waals surface area contributed by atoms with Crippen LogP contribution in [0, 0.1) is 12.7 Å². The molecule has 1 aliphatic heterocycles. The summed E-state index contributed by atoms with van der Waals surface area (Å²) in [6.45, 7) is 4.17. The van der Waals surface area contributed by atoms with Gasteiger partial charge in [-0.15, -0.1) is 0 Å². The maximum Gasteiger partial charge on any atom is 0.251 e. The number of piperidine rings is 1. The number of aromatic amines is 1. The third-order valence-electron chi connectivity index (χ3n) is 4.13. The van der Waals surface area contributed by atoms with E-state index in [1.165, 1.54) is 12.1 Å². The number of H-pyrrole nitrogens is 1. The van der Waals surface area contributed by atoms with Gasteiger partial charge in [0.2, 0.25) is 0 Å². The second-order valence-corrected chi connectivity index (χ2v) is 5.94. The van der Waals surface area contributed by atoms with E-state index in [1.54, 1.807) is 6.07 Å². The number of aromatic nitrogens is 2. The predicted octanol–water partition coefficient (Wildman–Crippen LogP) is 2.60. The molecular formula is C17H20FN3O. The molecule has 1 atom stereocenters. The van der Waals surface area contributed by atoms with Crippen molar-refractivity contribution in [2.45, 2.75) is 32.2 Å². The third kappa shape index (κ3) is 3.42. The molecule has 3 rings (SSSR count). The lowest BCUT2D eigenvalue weighted by atomic mass is 9.96. The Morgan fingerprint density at radius 1 is 1.41 bits per heavy atom. The zero-order chi connectivity index (χ0) is 15.5. The van der Waals surface area contributed by atoms with E-state index in [4.69, 9.17) is 0 Å². The lowest BCUT2D eigenvalue weighted by Gasteiger charge is -2.32. The Morgan fingerprint density at radius 3 is 3.00 bits per heavy atom. The van der Waals surface area contributed by atoms with Crippen molar-refractivity contribution in [3.8, 4) is 0 Å². The highest BCUT2D eigenvalue weighted by Gasteiger charge is 2.23. The fraction of sp³-hybridized carbons (Fsp3) is 0.412. The van der Waals surface area contributed by atoms with Crippen molar-refractivity contribution in [1.82, 2.24) is 14.9 Å². The van der Waals surface area contributed by atoms with Crippen LogP contribution in [0.4, 0.5) is 4.39 Å². The third-order valence-corrected chi connectivity index (χ3v) is 4.13. The van der Waals surface area contributed by atoms with Crippen LogP contribution >= 0.6 is 0 Å². The molecule has 22 heavy (non-hydrogen) atoms. The van der Waals surface area contributed by atoms with E-state index in [1.807, 2.05) is 19.1 Å². The van der Waals surface area contributed by atoms with E-state index in [0.29, 0.717) is 12.1 Å². The van der Waals surface area contributed by atoms with Gasteiger partial charge in [0.25, 0.3) is 5.56 Å². The van der Waals surface area contributed by atoms with E-state index < -0.39 is 0 Å². The van der Waals surface area contributed by atoms with Gasteiger partial charge in [-0.25, -0.2) is 9.37 Å². The number of aryl methyl sites for hydroxylation is 1. The molecule has 0 spiro atoms. The van der Waals surface area contributed by atoms with Gasteiger partial charge in [0, 0.05) is 36.3 Å². The first kappa shape index (κ1) is 14.9. The fourth-order valence-corrected chi connectivity index (χ4v) is 3.09. The number of halogens is 1. The Labute approximate surface area is 129 Å². The molecule has 1 saturated heterocycles. The molecule has 0 saturated carbocycles. The average Bonchev–Trinajstić information content (AvgIpc) is 2.49. The molecular weight excluding hydrogens is 281 g/mol. The van der Waals surface area contributed by atoms with Gasteiger partial charge in [-0.05, 0) is 32.4 Å². The maximum absolute atomic E-state index is 13.8. The number of nitrogens with zero attached hydrogens (tertiary/aromatic N) is 2. The van der Waals surface area contributed by atoms with Gasteiger partial charge in [-0.2, -0.15) is 0 Å². The Bertz CT molecular complexity index is 713. The van der Waals surface area contributed by atoms with E-state index in [9.17, 15) is 9.18 Å². The number of hydrogen-bond donors (Lipinski definition) is 1. The second kappa shape index (κ2) is 6.40. The number of likely N-dealkylation sites (tertiary alicyclic amines) is 1. The minimum Gasteiger partial charge on any atom is -0.310 e. The van der Waals surface area contributed by atoms with Crippen molar-refractivity contribution >= 4 is 0 Å². The fourth-order valence-electron chi connectivity index (χ4n) is 3.09. The first-order valence-corrected chi connectivity index (χ1v) is 7.65. The Morgan fingerprint density at radius 2 is 2.23 bits per heavy atom. The number of benzene rings is 1. The lowest BCUT2D eigenvalue weighted by molar-refractivity contribution is 0.194. The van der Waals surface area contributed by atoms with Crippen molar-refractivity contribution in [3.05, 3.63) is 63.6 Å². The molecule has 1 unspecified atom stereocenters. The number of nitrogens with one attached hydrogen (secondary N) is 1. The largest absolute Gasteiger partial charge is 0.310 e. The van der Waals surface area contributed by atoms with Crippen LogP contribution in [0.5, 0.6) is 0 Å². The molecule has 0 radical (unpaired) electrons. The van der Waals surface area contributed by atoms with Gasteiger partial charge in [0.05, 0.1) is 0 Å². The average molecular weight is 301 g/mol. The molecule has 2 heterocycles. The zero-order valence-corrected chi connectivity index (χ0v) is 12.7. The molecule has 0 amide bonds. The van der Waals surface area contributed by atoms with Crippen LogP contribution in [0.15, 0.2) is 35.1 Å². The minimum absolute atomic E-state index is 0.103. The Hall–Kier alpha value is -2.01. The molecule has 116 valence electrons. The van der Waals surface area contributed by atoms with Crippen LogP contribution in [0.1, 0.15) is 35.8 Å². The van der Waals surface area contributed by atoms with Crippen LogP contribution < -0.4 is 5.56 Å². The van der Waals surface area contributed by atoms with Crippen LogP contribution in [0.3, 0.4) is 0 Å². The molecule has 1 fully saturated rings. The van der Waals surface area contributed by atoms with Gasteiger partial charge < -0.3 is 4.98 Å². The summed E-state index contributed by atoms with van der Waals surface area (Å²) in [5.41, 5.74) is 1.35. The normalized spacial score (nSPS) is 19.3. The van der Waals surface area contributed by atoms with Crippen LogP contribution in [-0.4, -0.2) is 28.0 Å². The molecule has 0 aliphatic carbocycles. The highest BCUT2D eigenvalue weighted by Crippen LogP contribution is 2.25. The van der Waals surface area contributed by atoms with Gasteiger partial charge in [-0.1, -0.05) is 18.2 Å². The molecule has 1 aromatic heterocycles. The van der Waals surface area contributed by atoms with E-state index in [2.05, 4.69) is 14.9 Å². The van der Waals surface area contributed by atoms with Crippen LogP contribution in [0.25, 0.3) is 0 Å². The molecule has 0 bridgehead atoms.